The highest BCUT2D eigenvalue weighted by Crippen LogP contribution is 2.17. The van der Waals surface area contributed by atoms with Crippen molar-refractivity contribution in [2.24, 2.45) is 0 Å². The molecule has 0 saturated heterocycles. The van der Waals surface area contributed by atoms with Crippen LogP contribution in [-0.2, 0) is 6.61 Å². The molecule has 72 valence electrons. The van der Waals surface area contributed by atoms with Gasteiger partial charge in [0.2, 0.25) is 0 Å². The maximum absolute atomic E-state index is 8.91. The number of nitrogens with one attached hydrogen (secondary N) is 1. The molecule has 2 aromatic heterocycles. The first-order chi connectivity index (χ1) is 6.81. The van der Waals surface area contributed by atoms with E-state index in [1.165, 1.54) is 0 Å². The molecule has 0 aliphatic carbocycles. The molecule has 0 saturated carbocycles. The topological polar surface area (TPSA) is 61.8 Å². The Labute approximate surface area is 81.7 Å². The number of nitrogens with zero attached hydrogens (tertiary/aromatic N) is 2. The molecule has 2 N–H and O–H groups in total. The van der Waals surface area contributed by atoms with E-state index in [1.54, 1.807) is 6.20 Å². The van der Waals surface area contributed by atoms with Gasteiger partial charge in [-0.05, 0) is 19.1 Å². The van der Waals surface area contributed by atoms with Crippen molar-refractivity contribution in [3.8, 4) is 11.4 Å². The summed E-state index contributed by atoms with van der Waals surface area (Å²) in [7, 11) is 0. The van der Waals surface area contributed by atoms with Crippen LogP contribution < -0.4 is 0 Å². The first-order valence-corrected chi connectivity index (χ1v) is 4.39. The van der Waals surface area contributed by atoms with Crippen molar-refractivity contribution < 1.29 is 5.11 Å². The Balaban J connectivity index is 2.46. The fraction of sp³-hybridized carbons (Fsp3) is 0.200. The second-order valence-corrected chi connectivity index (χ2v) is 3.03. The molecule has 0 aliphatic heterocycles. The third-order valence-electron chi connectivity index (χ3n) is 1.99. The van der Waals surface area contributed by atoms with E-state index in [0.717, 1.165) is 17.1 Å². The minimum atomic E-state index is -0.0757. The number of aliphatic hydroxyl groups is 1. The van der Waals surface area contributed by atoms with E-state index in [2.05, 4.69) is 15.0 Å². The molecule has 0 aliphatic rings. The van der Waals surface area contributed by atoms with E-state index >= 15 is 0 Å². The first kappa shape index (κ1) is 8.90. The molecule has 0 unspecified atom stereocenters. The van der Waals surface area contributed by atoms with Crippen LogP contribution in [0.2, 0.25) is 0 Å². The Kier molecular flexibility index (Phi) is 2.28. The highest BCUT2D eigenvalue weighted by molar-refractivity contribution is 5.56. The van der Waals surface area contributed by atoms with Crippen molar-refractivity contribution in [3.05, 3.63) is 35.9 Å². The molecule has 0 amide bonds. The number of aromatic amines is 1. The average molecular weight is 189 g/mol. The van der Waals surface area contributed by atoms with Crippen LogP contribution in [-0.4, -0.2) is 20.1 Å². The summed E-state index contributed by atoms with van der Waals surface area (Å²) in [4.78, 5) is 11.4. The number of imidazole rings is 1. The fourth-order valence-corrected chi connectivity index (χ4v) is 1.35. The van der Waals surface area contributed by atoms with Gasteiger partial charge in [0.1, 0.15) is 18.1 Å². The Morgan fingerprint density at radius 2 is 2.29 bits per heavy atom. The van der Waals surface area contributed by atoms with E-state index in [9.17, 15) is 0 Å². The van der Waals surface area contributed by atoms with Gasteiger partial charge in [-0.15, -0.1) is 0 Å². The third kappa shape index (κ3) is 1.52. The van der Waals surface area contributed by atoms with Gasteiger partial charge >= 0.3 is 0 Å². The summed E-state index contributed by atoms with van der Waals surface area (Å²) >= 11 is 0. The molecule has 0 bridgehead atoms. The second kappa shape index (κ2) is 3.59. The van der Waals surface area contributed by atoms with E-state index in [0.29, 0.717) is 5.82 Å². The summed E-state index contributed by atoms with van der Waals surface area (Å²) in [5, 5.41) is 8.91. The summed E-state index contributed by atoms with van der Waals surface area (Å²) < 4.78 is 0. The highest BCUT2D eigenvalue weighted by atomic mass is 16.3. The van der Waals surface area contributed by atoms with Crippen molar-refractivity contribution in [2.45, 2.75) is 13.5 Å². The Bertz CT molecular complexity index is 422. The number of rotatable bonds is 2. The number of hydrogen-bond donors (Lipinski definition) is 2. The molecule has 14 heavy (non-hydrogen) atoms. The van der Waals surface area contributed by atoms with Crippen LogP contribution in [0.5, 0.6) is 0 Å². The largest absolute Gasteiger partial charge is 0.388 e. The molecule has 0 atom stereocenters. The van der Waals surface area contributed by atoms with Crippen LogP contribution in [0, 0.1) is 6.92 Å². The van der Waals surface area contributed by atoms with Crippen LogP contribution in [0.3, 0.4) is 0 Å². The van der Waals surface area contributed by atoms with Crippen molar-refractivity contribution in [1.82, 2.24) is 15.0 Å². The highest BCUT2D eigenvalue weighted by Gasteiger charge is 2.08. The van der Waals surface area contributed by atoms with Crippen LogP contribution in [0.1, 0.15) is 11.5 Å². The second-order valence-electron chi connectivity index (χ2n) is 3.03. The van der Waals surface area contributed by atoms with Gasteiger partial charge in [-0.2, -0.15) is 0 Å². The number of pyridine rings is 1. The van der Waals surface area contributed by atoms with E-state index in [-0.39, 0.29) is 6.61 Å². The standard InChI is InChI=1S/C10H11N3O/c1-7-10(13-9(6-14)12-7)8-4-2-3-5-11-8/h2-5,14H,6H2,1H3,(H,12,13). The lowest BCUT2D eigenvalue weighted by Crippen LogP contribution is -1.86. The van der Waals surface area contributed by atoms with Crippen LogP contribution >= 0.6 is 0 Å². The molecule has 0 radical (unpaired) electrons. The zero-order valence-electron chi connectivity index (χ0n) is 7.86. The zero-order valence-corrected chi connectivity index (χ0v) is 7.86. The van der Waals surface area contributed by atoms with Gasteiger partial charge in [0.15, 0.2) is 0 Å². The van der Waals surface area contributed by atoms with Gasteiger partial charge in [-0.3, -0.25) is 4.98 Å². The summed E-state index contributed by atoms with van der Waals surface area (Å²) in [5.41, 5.74) is 2.54. The lowest BCUT2D eigenvalue weighted by Gasteiger charge is -1.95. The molecule has 2 aromatic rings. The predicted octanol–water partition coefficient (Wildman–Crippen LogP) is 1.27. The zero-order chi connectivity index (χ0) is 9.97. The number of hydrogen-bond acceptors (Lipinski definition) is 3. The van der Waals surface area contributed by atoms with Gasteiger partial charge in [0.25, 0.3) is 0 Å². The average Bonchev–Trinajstić information content (AvgIpc) is 2.61. The Hall–Kier alpha value is -1.68. The maximum Gasteiger partial charge on any atom is 0.132 e. The lowest BCUT2D eigenvalue weighted by molar-refractivity contribution is 0.272. The number of aryl methyl sites for hydroxylation is 1. The molecular formula is C10H11N3O. The van der Waals surface area contributed by atoms with Crippen LogP contribution in [0.15, 0.2) is 24.4 Å². The van der Waals surface area contributed by atoms with Crippen molar-refractivity contribution in [2.75, 3.05) is 0 Å². The molecular weight excluding hydrogens is 178 g/mol. The van der Waals surface area contributed by atoms with Gasteiger partial charge < -0.3 is 10.1 Å². The summed E-state index contributed by atoms with van der Waals surface area (Å²) in [6.45, 7) is 1.84. The first-order valence-electron chi connectivity index (χ1n) is 4.39. The van der Waals surface area contributed by atoms with Crippen molar-refractivity contribution in [1.29, 1.82) is 0 Å². The molecule has 0 fully saturated rings. The van der Waals surface area contributed by atoms with Gasteiger partial charge in [-0.25, -0.2) is 4.98 Å². The van der Waals surface area contributed by atoms with E-state index < -0.39 is 0 Å². The van der Waals surface area contributed by atoms with Gasteiger partial charge in [0.05, 0.1) is 5.69 Å². The molecule has 0 aromatic carbocycles. The quantitative estimate of drug-likeness (QED) is 0.747. The number of H-pyrrole nitrogens is 1. The summed E-state index contributed by atoms with van der Waals surface area (Å²) in [5.74, 6) is 0.572. The summed E-state index contributed by atoms with van der Waals surface area (Å²) in [6.07, 6.45) is 1.72. The number of aliphatic hydroxyl groups excluding tert-OH is 1. The summed E-state index contributed by atoms with van der Waals surface area (Å²) in [6, 6.07) is 5.66. The van der Waals surface area contributed by atoms with Gasteiger partial charge in [-0.1, -0.05) is 6.07 Å². The monoisotopic (exact) mass is 189 g/mol. The van der Waals surface area contributed by atoms with Crippen LogP contribution in [0.25, 0.3) is 11.4 Å². The minimum Gasteiger partial charge on any atom is -0.388 e. The SMILES string of the molecule is Cc1[nH]c(CO)nc1-c1ccccn1. The third-order valence-corrected chi connectivity index (χ3v) is 1.99. The maximum atomic E-state index is 8.91. The Morgan fingerprint density at radius 3 is 2.86 bits per heavy atom. The molecule has 0 spiro atoms. The normalized spacial score (nSPS) is 10.4. The van der Waals surface area contributed by atoms with E-state index in [4.69, 9.17) is 5.11 Å². The predicted molar refractivity (Wildman–Crippen MR) is 52.5 cm³/mol. The van der Waals surface area contributed by atoms with Gasteiger partial charge in [0, 0.05) is 11.9 Å². The van der Waals surface area contributed by atoms with Crippen LogP contribution in [0.4, 0.5) is 0 Å². The molecule has 4 heteroatoms. The lowest BCUT2D eigenvalue weighted by atomic mass is 10.2. The molecule has 4 nitrogen and oxygen atoms in total. The number of aromatic nitrogens is 3. The molecule has 2 heterocycles. The van der Waals surface area contributed by atoms with Crippen molar-refractivity contribution >= 4 is 0 Å². The minimum absolute atomic E-state index is 0.0757. The van der Waals surface area contributed by atoms with Crippen molar-refractivity contribution in [3.63, 3.8) is 0 Å². The smallest absolute Gasteiger partial charge is 0.132 e. The fourth-order valence-electron chi connectivity index (χ4n) is 1.35. The molecule has 2 rings (SSSR count). The Morgan fingerprint density at radius 1 is 1.43 bits per heavy atom. The van der Waals surface area contributed by atoms with E-state index in [1.807, 2.05) is 25.1 Å².